The monoisotopic (exact) mass is 359 g/mol. The largest absolute Gasteiger partial charge is 0.388 e. The van der Waals surface area contributed by atoms with Gasteiger partial charge in [-0.3, -0.25) is 0 Å². The zero-order valence-electron chi connectivity index (χ0n) is 9.21. The van der Waals surface area contributed by atoms with Crippen LogP contribution in [0.4, 0.5) is 0 Å². The molecule has 0 saturated carbocycles. The Morgan fingerprint density at radius 2 is 1.94 bits per heavy atom. The first kappa shape index (κ1) is 13.0. The van der Waals surface area contributed by atoms with Gasteiger partial charge < -0.3 is 10.8 Å². The lowest BCUT2D eigenvalue weighted by atomic mass is 9.90. The van der Waals surface area contributed by atoms with Crippen molar-refractivity contribution in [2.45, 2.75) is 12.0 Å². The van der Waals surface area contributed by atoms with Crippen LogP contribution in [-0.2, 0) is 0 Å². The summed E-state index contributed by atoms with van der Waals surface area (Å²) in [5, 5.41) is 12.4. The smallest absolute Gasteiger partial charge is 0.0879 e. The van der Waals surface area contributed by atoms with Crippen molar-refractivity contribution in [2.75, 3.05) is 6.54 Å². The molecular formula is C13H14INOS. The molecule has 2 aromatic rings. The highest BCUT2D eigenvalue weighted by Gasteiger charge is 2.22. The number of halogens is 1. The highest BCUT2D eigenvalue weighted by Crippen LogP contribution is 2.32. The molecule has 3 N–H and O–H groups in total. The van der Waals surface area contributed by atoms with Crippen molar-refractivity contribution in [3.8, 4) is 0 Å². The highest BCUT2D eigenvalue weighted by molar-refractivity contribution is 14.1. The highest BCUT2D eigenvalue weighted by atomic mass is 127. The summed E-state index contributed by atoms with van der Waals surface area (Å²) >= 11 is 3.90. The van der Waals surface area contributed by atoms with Gasteiger partial charge in [0.05, 0.1) is 8.99 Å². The van der Waals surface area contributed by atoms with Crippen LogP contribution in [0.15, 0.2) is 41.8 Å². The predicted molar refractivity (Wildman–Crippen MR) is 80.2 cm³/mol. The van der Waals surface area contributed by atoms with Crippen LogP contribution in [0.5, 0.6) is 0 Å². The standard InChI is InChI=1S/C13H14INOS/c14-12-6-10(8-17-12)13(16)11(7-15)9-4-2-1-3-5-9/h1-6,8,11,13,16H,7,15H2. The molecule has 2 unspecified atom stereocenters. The van der Waals surface area contributed by atoms with E-state index in [0.29, 0.717) is 6.54 Å². The van der Waals surface area contributed by atoms with Crippen molar-refractivity contribution in [3.63, 3.8) is 0 Å². The first-order valence-corrected chi connectivity index (χ1v) is 7.35. The Hall–Kier alpha value is -0.430. The average molecular weight is 359 g/mol. The van der Waals surface area contributed by atoms with Gasteiger partial charge in [-0.1, -0.05) is 30.3 Å². The van der Waals surface area contributed by atoms with Gasteiger partial charge in [-0.05, 0) is 45.2 Å². The third kappa shape index (κ3) is 3.07. The lowest BCUT2D eigenvalue weighted by molar-refractivity contribution is 0.148. The van der Waals surface area contributed by atoms with Crippen LogP contribution in [0, 0.1) is 2.88 Å². The van der Waals surface area contributed by atoms with Gasteiger partial charge in [0.1, 0.15) is 0 Å². The molecule has 4 heteroatoms. The lowest BCUT2D eigenvalue weighted by Crippen LogP contribution is -2.19. The van der Waals surface area contributed by atoms with E-state index in [0.717, 1.165) is 11.1 Å². The summed E-state index contributed by atoms with van der Waals surface area (Å²) in [5.41, 5.74) is 7.84. The fourth-order valence-electron chi connectivity index (χ4n) is 1.86. The minimum absolute atomic E-state index is 0.0402. The third-order valence-electron chi connectivity index (χ3n) is 2.79. The van der Waals surface area contributed by atoms with Gasteiger partial charge in [0.25, 0.3) is 0 Å². The van der Waals surface area contributed by atoms with E-state index in [2.05, 4.69) is 22.6 Å². The van der Waals surface area contributed by atoms with E-state index >= 15 is 0 Å². The molecule has 0 fully saturated rings. The topological polar surface area (TPSA) is 46.2 Å². The van der Waals surface area contributed by atoms with Crippen molar-refractivity contribution in [2.24, 2.45) is 5.73 Å². The van der Waals surface area contributed by atoms with Gasteiger partial charge in [0.2, 0.25) is 0 Å². The average Bonchev–Trinajstić information content (AvgIpc) is 2.78. The van der Waals surface area contributed by atoms with Crippen LogP contribution in [0.3, 0.4) is 0 Å². The van der Waals surface area contributed by atoms with Crippen LogP contribution in [-0.4, -0.2) is 11.7 Å². The summed E-state index contributed by atoms with van der Waals surface area (Å²) in [5.74, 6) is -0.0402. The van der Waals surface area contributed by atoms with Crippen LogP contribution >= 0.6 is 33.9 Å². The Kier molecular flexibility index (Phi) is 4.55. The molecule has 0 radical (unpaired) electrons. The quantitative estimate of drug-likeness (QED) is 0.824. The molecule has 90 valence electrons. The second-order valence-corrected chi connectivity index (χ2v) is 6.69. The Balaban J connectivity index is 2.25. The van der Waals surface area contributed by atoms with Crippen LogP contribution < -0.4 is 5.73 Å². The molecule has 2 nitrogen and oxygen atoms in total. The van der Waals surface area contributed by atoms with Crippen LogP contribution in [0.25, 0.3) is 0 Å². The molecule has 0 aliphatic rings. The van der Waals surface area contributed by atoms with Gasteiger partial charge in [0, 0.05) is 12.5 Å². The summed E-state index contributed by atoms with van der Waals surface area (Å²) < 4.78 is 1.18. The maximum atomic E-state index is 10.4. The van der Waals surface area contributed by atoms with E-state index in [1.807, 2.05) is 41.8 Å². The van der Waals surface area contributed by atoms with E-state index in [1.54, 1.807) is 11.3 Å². The molecule has 0 aliphatic carbocycles. The maximum absolute atomic E-state index is 10.4. The van der Waals surface area contributed by atoms with Gasteiger partial charge in [-0.15, -0.1) is 11.3 Å². The number of hydrogen-bond acceptors (Lipinski definition) is 3. The molecule has 17 heavy (non-hydrogen) atoms. The van der Waals surface area contributed by atoms with E-state index in [1.165, 1.54) is 2.88 Å². The molecular weight excluding hydrogens is 345 g/mol. The maximum Gasteiger partial charge on any atom is 0.0879 e. The van der Waals surface area contributed by atoms with E-state index in [4.69, 9.17) is 5.73 Å². The zero-order valence-corrected chi connectivity index (χ0v) is 12.2. The molecule has 1 heterocycles. The molecule has 0 bridgehead atoms. The molecule has 1 aromatic carbocycles. The molecule has 2 atom stereocenters. The Bertz CT molecular complexity index is 471. The predicted octanol–water partition coefficient (Wildman–Crippen LogP) is 3.13. The van der Waals surface area contributed by atoms with Gasteiger partial charge >= 0.3 is 0 Å². The molecule has 0 saturated heterocycles. The molecule has 0 spiro atoms. The fraction of sp³-hybridized carbons (Fsp3) is 0.231. The van der Waals surface area contributed by atoms with Crippen molar-refractivity contribution in [1.29, 1.82) is 0 Å². The fourth-order valence-corrected chi connectivity index (χ4v) is 3.26. The molecule has 0 aliphatic heterocycles. The zero-order chi connectivity index (χ0) is 12.3. The lowest BCUT2D eigenvalue weighted by Gasteiger charge is -2.21. The Morgan fingerprint density at radius 1 is 1.24 bits per heavy atom. The van der Waals surface area contributed by atoms with Crippen molar-refractivity contribution in [1.82, 2.24) is 0 Å². The van der Waals surface area contributed by atoms with Crippen LogP contribution in [0.1, 0.15) is 23.1 Å². The normalized spacial score (nSPS) is 14.5. The number of aliphatic hydroxyl groups excluding tert-OH is 1. The Morgan fingerprint density at radius 3 is 2.47 bits per heavy atom. The number of thiophene rings is 1. The van der Waals surface area contributed by atoms with Gasteiger partial charge in [-0.2, -0.15) is 0 Å². The van der Waals surface area contributed by atoms with E-state index in [9.17, 15) is 5.11 Å². The number of aliphatic hydroxyl groups is 1. The first-order chi connectivity index (χ1) is 8.22. The van der Waals surface area contributed by atoms with Gasteiger partial charge in [0.15, 0.2) is 0 Å². The Labute approximate surface area is 119 Å². The number of benzene rings is 1. The molecule has 2 rings (SSSR count). The van der Waals surface area contributed by atoms with E-state index in [-0.39, 0.29) is 5.92 Å². The van der Waals surface area contributed by atoms with Crippen LogP contribution in [0.2, 0.25) is 0 Å². The van der Waals surface area contributed by atoms with Crippen molar-refractivity contribution >= 4 is 33.9 Å². The molecule has 1 aromatic heterocycles. The van der Waals surface area contributed by atoms with E-state index < -0.39 is 6.10 Å². The number of rotatable bonds is 4. The summed E-state index contributed by atoms with van der Waals surface area (Å²) in [4.78, 5) is 0. The minimum atomic E-state index is -0.526. The minimum Gasteiger partial charge on any atom is -0.388 e. The summed E-state index contributed by atoms with van der Waals surface area (Å²) in [6.07, 6.45) is -0.526. The second kappa shape index (κ2) is 5.95. The summed E-state index contributed by atoms with van der Waals surface area (Å²) in [6.45, 7) is 0.442. The third-order valence-corrected chi connectivity index (χ3v) is 4.60. The number of hydrogen-bond donors (Lipinski definition) is 2. The number of nitrogens with two attached hydrogens (primary N) is 1. The van der Waals surface area contributed by atoms with Crippen molar-refractivity contribution < 1.29 is 5.11 Å². The van der Waals surface area contributed by atoms with Crippen molar-refractivity contribution in [3.05, 3.63) is 55.8 Å². The second-order valence-electron chi connectivity index (χ2n) is 3.88. The summed E-state index contributed by atoms with van der Waals surface area (Å²) in [7, 11) is 0. The van der Waals surface area contributed by atoms with Gasteiger partial charge in [-0.25, -0.2) is 0 Å². The first-order valence-electron chi connectivity index (χ1n) is 5.39. The summed E-state index contributed by atoms with van der Waals surface area (Å²) in [6, 6.07) is 12.0. The SMILES string of the molecule is NCC(c1ccccc1)C(O)c1csc(I)c1. The molecule has 0 amide bonds.